The van der Waals surface area contributed by atoms with E-state index in [4.69, 9.17) is 5.73 Å². The largest absolute Gasteiger partial charge is 0.397 e. The monoisotopic (exact) mass is 244 g/mol. The van der Waals surface area contributed by atoms with E-state index >= 15 is 0 Å². The molecule has 0 aliphatic carbocycles. The number of hydrogen-bond acceptors (Lipinski definition) is 2. The number of rotatable bonds is 3. The molecule has 0 aliphatic rings. The second-order valence-electron chi connectivity index (χ2n) is 4.48. The van der Waals surface area contributed by atoms with Gasteiger partial charge in [-0.25, -0.2) is 4.39 Å². The van der Waals surface area contributed by atoms with Gasteiger partial charge in [-0.15, -0.1) is 0 Å². The lowest BCUT2D eigenvalue weighted by Crippen LogP contribution is -2.05. The number of benzene rings is 2. The minimum Gasteiger partial charge on any atom is -0.397 e. The standard InChI is InChI=1S/C15H17FN2/c1-10-6-7-12(8-11(10)2)9-18-15-13(16)4-3-5-14(15)17/h3-8,18H,9,17H2,1-2H3. The molecule has 3 N–H and O–H groups in total. The molecule has 0 unspecified atom stereocenters. The fourth-order valence-corrected chi connectivity index (χ4v) is 1.83. The molecule has 0 aliphatic heterocycles. The SMILES string of the molecule is Cc1ccc(CNc2c(N)cccc2F)cc1C. The molecule has 0 bridgehead atoms. The van der Waals surface area contributed by atoms with Crippen molar-refractivity contribution in [1.82, 2.24) is 0 Å². The Morgan fingerprint density at radius 3 is 2.56 bits per heavy atom. The number of aryl methyl sites for hydroxylation is 2. The van der Waals surface area contributed by atoms with Crippen molar-refractivity contribution in [1.29, 1.82) is 0 Å². The first-order valence-electron chi connectivity index (χ1n) is 5.92. The van der Waals surface area contributed by atoms with Crippen LogP contribution in [0.15, 0.2) is 36.4 Å². The molecular weight excluding hydrogens is 227 g/mol. The fraction of sp³-hybridized carbons (Fsp3) is 0.200. The molecule has 0 atom stereocenters. The molecule has 0 amide bonds. The van der Waals surface area contributed by atoms with Gasteiger partial charge in [0.05, 0.1) is 11.4 Å². The van der Waals surface area contributed by atoms with E-state index in [1.54, 1.807) is 12.1 Å². The van der Waals surface area contributed by atoms with Crippen LogP contribution in [-0.2, 0) is 6.54 Å². The van der Waals surface area contributed by atoms with E-state index in [-0.39, 0.29) is 5.82 Å². The Morgan fingerprint density at radius 1 is 1.11 bits per heavy atom. The normalized spacial score (nSPS) is 10.4. The van der Waals surface area contributed by atoms with Crippen molar-refractivity contribution in [2.24, 2.45) is 0 Å². The summed E-state index contributed by atoms with van der Waals surface area (Å²) in [5, 5.41) is 3.04. The van der Waals surface area contributed by atoms with E-state index in [1.807, 2.05) is 6.07 Å². The molecule has 2 aromatic rings. The number of nitrogens with two attached hydrogens (primary N) is 1. The summed E-state index contributed by atoms with van der Waals surface area (Å²) in [6.45, 7) is 4.70. The van der Waals surface area contributed by atoms with Crippen molar-refractivity contribution < 1.29 is 4.39 Å². The first-order valence-corrected chi connectivity index (χ1v) is 5.92. The average Bonchev–Trinajstić information content (AvgIpc) is 2.33. The van der Waals surface area contributed by atoms with Gasteiger partial charge in [0.25, 0.3) is 0 Å². The second kappa shape index (κ2) is 5.08. The zero-order valence-corrected chi connectivity index (χ0v) is 10.6. The zero-order chi connectivity index (χ0) is 13.1. The highest BCUT2D eigenvalue weighted by molar-refractivity contribution is 5.66. The molecule has 2 rings (SSSR count). The van der Waals surface area contributed by atoms with E-state index in [0.717, 1.165) is 5.56 Å². The van der Waals surface area contributed by atoms with Gasteiger partial charge in [-0.2, -0.15) is 0 Å². The summed E-state index contributed by atoms with van der Waals surface area (Å²) in [6.07, 6.45) is 0. The van der Waals surface area contributed by atoms with Crippen LogP contribution in [-0.4, -0.2) is 0 Å². The van der Waals surface area contributed by atoms with Gasteiger partial charge >= 0.3 is 0 Å². The maximum Gasteiger partial charge on any atom is 0.148 e. The summed E-state index contributed by atoms with van der Waals surface area (Å²) in [4.78, 5) is 0. The third kappa shape index (κ3) is 2.62. The highest BCUT2D eigenvalue weighted by Gasteiger charge is 2.05. The van der Waals surface area contributed by atoms with Crippen molar-refractivity contribution in [3.63, 3.8) is 0 Å². The number of hydrogen-bond donors (Lipinski definition) is 2. The summed E-state index contributed by atoms with van der Waals surface area (Å²) in [5.74, 6) is -0.321. The molecular formula is C15H17FN2. The van der Waals surface area contributed by atoms with Crippen LogP contribution in [0.25, 0.3) is 0 Å². The molecule has 94 valence electrons. The van der Waals surface area contributed by atoms with E-state index < -0.39 is 0 Å². The van der Waals surface area contributed by atoms with Crippen LogP contribution in [0.5, 0.6) is 0 Å². The third-order valence-corrected chi connectivity index (χ3v) is 3.09. The van der Waals surface area contributed by atoms with Gasteiger partial charge in [0.2, 0.25) is 0 Å². The molecule has 0 saturated heterocycles. The lowest BCUT2D eigenvalue weighted by atomic mass is 10.1. The average molecular weight is 244 g/mol. The van der Waals surface area contributed by atoms with Crippen molar-refractivity contribution >= 4 is 11.4 Å². The van der Waals surface area contributed by atoms with E-state index in [2.05, 4.69) is 31.3 Å². The Kier molecular flexibility index (Phi) is 3.51. The zero-order valence-electron chi connectivity index (χ0n) is 10.6. The van der Waals surface area contributed by atoms with Gasteiger partial charge in [-0.1, -0.05) is 24.3 Å². The Labute approximate surface area is 107 Å². The second-order valence-corrected chi connectivity index (χ2v) is 4.48. The minimum atomic E-state index is -0.321. The Bertz CT molecular complexity index is 544. The highest BCUT2D eigenvalue weighted by Crippen LogP contribution is 2.22. The number of anilines is 2. The Balaban J connectivity index is 2.14. The van der Waals surface area contributed by atoms with Crippen LogP contribution < -0.4 is 11.1 Å². The van der Waals surface area contributed by atoms with Crippen LogP contribution in [0.1, 0.15) is 16.7 Å². The maximum absolute atomic E-state index is 13.6. The molecule has 0 aromatic heterocycles. The van der Waals surface area contributed by atoms with E-state index in [1.165, 1.54) is 17.2 Å². The van der Waals surface area contributed by atoms with Gasteiger partial charge in [0.1, 0.15) is 5.82 Å². The van der Waals surface area contributed by atoms with E-state index in [9.17, 15) is 4.39 Å². The van der Waals surface area contributed by atoms with Gasteiger partial charge in [0, 0.05) is 6.54 Å². The molecule has 0 fully saturated rings. The quantitative estimate of drug-likeness (QED) is 0.809. The minimum absolute atomic E-state index is 0.321. The van der Waals surface area contributed by atoms with Crippen molar-refractivity contribution in [3.8, 4) is 0 Å². The van der Waals surface area contributed by atoms with Gasteiger partial charge in [-0.05, 0) is 42.7 Å². The van der Waals surface area contributed by atoms with Gasteiger partial charge in [-0.3, -0.25) is 0 Å². The molecule has 0 heterocycles. The molecule has 3 heteroatoms. The van der Waals surface area contributed by atoms with E-state index in [0.29, 0.717) is 17.9 Å². The molecule has 2 aromatic carbocycles. The first-order chi connectivity index (χ1) is 8.58. The third-order valence-electron chi connectivity index (χ3n) is 3.09. The molecule has 2 nitrogen and oxygen atoms in total. The lowest BCUT2D eigenvalue weighted by molar-refractivity contribution is 0.631. The first kappa shape index (κ1) is 12.4. The predicted octanol–water partition coefficient (Wildman–Crippen LogP) is 3.64. The highest BCUT2D eigenvalue weighted by atomic mass is 19.1. The maximum atomic E-state index is 13.6. The molecule has 18 heavy (non-hydrogen) atoms. The molecule has 0 saturated carbocycles. The van der Waals surface area contributed by atoms with Crippen molar-refractivity contribution in [2.75, 3.05) is 11.1 Å². The van der Waals surface area contributed by atoms with Crippen LogP contribution >= 0.6 is 0 Å². The summed E-state index contributed by atoms with van der Waals surface area (Å²) >= 11 is 0. The number of para-hydroxylation sites is 1. The van der Waals surface area contributed by atoms with Crippen molar-refractivity contribution in [2.45, 2.75) is 20.4 Å². The fourth-order valence-electron chi connectivity index (χ4n) is 1.83. The van der Waals surface area contributed by atoms with Gasteiger partial charge < -0.3 is 11.1 Å². The lowest BCUT2D eigenvalue weighted by Gasteiger charge is -2.11. The van der Waals surface area contributed by atoms with Crippen LogP contribution in [0, 0.1) is 19.7 Å². The van der Waals surface area contributed by atoms with Crippen LogP contribution in [0.4, 0.5) is 15.8 Å². The van der Waals surface area contributed by atoms with Crippen molar-refractivity contribution in [3.05, 3.63) is 58.9 Å². The van der Waals surface area contributed by atoms with Crippen LogP contribution in [0.3, 0.4) is 0 Å². The number of nitrogens with one attached hydrogen (secondary N) is 1. The summed E-state index contributed by atoms with van der Waals surface area (Å²) in [6, 6.07) is 10.9. The topological polar surface area (TPSA) is 38.0 Å². The summed E-state index contributed by atoms with van der Waals surface area (Å²) in [7, 11) is 0. The predicted molar refractivity (Wildman–Crippen MR) is 74.1 cm³/mol. The number of nitrogen functional groups attached to an aromatic ring is 1. The number of halogens is 1. The summed E-state index contributed by atoms with van der Waals surface area (Å²) in [5.41, 5.74) is 10.1. The Morgan fingerprint density at radius 2 is 1.89 bits per heavy atom. The Hall–Kier alpha value is -2.03. The van der Waals surface area contributed by atoms with Gasteiger partial charge in [0.15, 0.2) is 0 Å². The molecule has 0 radical (unpaired) electrons. The smallest absolute Gasteiger partial charge is 0.148 e. The summed E-state index contributed by atoms with van der Waals surface area (Å²) < 4.78 is 13.6. The van der Waals surface area contributed by atoms with Crippen LogP contribution in [0.2, 0.25) is 0 Å². The molecule has 0 spiro atoms.